The number of thiazole rings is 1. The first-order chi connectivity index (χ1) is 13.8. The zero-order chi connectivity index (χ0) is 21.1. The first-order valence-electron chi connectivity index (χ1n) is 9.02. The molecule has 1 atom stereocenters. The maximum atomic E-state index is 13.0. The van der Waals surface area contributed by atoms with Gasteiger partial charge in [-0.05, 0) is 31.5 Å². The van der Waals surface area contributed by atoms with E-state index >= 15 is 0 Å². The number of aliphatic carboxylic acids is 1. The number of aromatic nitrogens is 1. The second-order valence-electron chi connectivity index (χ2n) is 6.84. The summed E-state index contributed by atoms with van der Waals surface area (Å²) in [6.45, 7) is 3.75. The number of carboxylic acid groups (broad SMARTS) is 1. The van der Waals surface area contributed by atoms with E-state index in [1.54, 1.807) is 13.1 Å². The summed E-state index contributed by atoms with van der Waals surface area (Å²) >= 11 is 7.53. The minimum absolute atomic E-state index is 0.215. The van der Waals surface area contributed by atoms with Gasteiger partial charge in [0.25, 0.3) is 0 Å². The van der Waals surface area contributed by atoms with Crippen molar-refractivity contribution in [3.05, 3.63) is 57.8 Å². The van der Waals surface area contributed by atoms with Crippen molar-refractivity contribution < 1.29 is 19.1 Å². The van der Waals surface area contributed by atoms with Gasteiger partial charge in [0.05, 0.1) is 18.0 Å². The third-order valence-electron chi connectivity index (χ3n) is 4.69. The zero-order valence-electron chi connectivity index (χ0n) is 16.3. The SMILES string of the molecule is Cc1cc(C[C@H](CC(=O)O)C(=O)N(C)c2nc(-c3ccccc3Cl)cs2)oc1C. The van der Waals surface area contributed by atoms with Gasteiger partial charge in [-0.1, -0.05) is 29.8 Å². The van der Waals surface area contributed by atoms with Crippen LogP contribution in [0.2, 0.25) is 5.02 Å². The summed E-state index contributed by atoms with van der Waals surface area (Å²) in [5, 5.41) is 12.2. The summed E-state index contributed by atoms with van der Waals surface area (Å²) in [5.74, 6) is -0.745. The Morgan fingerprint density at radius 2 is 2.03 bits per heavy atom. The second-order valence-corrected chi connectivity index (χ2v) is 8.09. The van der Waals surface area contributed by atoms with Crippen molar-refractivity contribution in [1.29, 1.82) is 0 Å². The zero-order valence-corrected chi connectivity index (χ0v) is 17.9. The molecule has 3 aromatic rings. The number of furan rings is 1. The standard InChI is InChI=1S/C21H21ClN2O4S/c1-12-8-15(28-13(12)2)9-14(10-19(25)26)20(27)24(3)21-23-18(11-29-21)16-6-4-5-7-17(16)22/h4-8,11,14H,9-10H2,1-3H3,(H,25,26)/t14-/m1/s1. The van der Waals surface area contributed by atoms with E-state index in [-0.39, 0.29) is 18.7 Å². The molecule has 0 radical (unpaired) electrons. The number of benzene rings is 1. The monoisotopic (exact) mass is 432 g/mol. The van der Waals surface area contributed by atoms with E-state index in [1.807, 2.05) is 43.5 Å². The molecule has 1 N–H and O–H groups in total. The molecule has 0 saturated heterocycles. The highest BCUT2D eigenvalue weighted by Gasteiger charge is 2.28. The first kappa shape index (κ1) is 21.1. The van der Waals surface area contributed by atoms with Gasteiger partial charge < -0.3 is 9.52 Å². The molecule has 0 unspecified atom stereocenters. The number of hydrogen-bond acceptors (Lipinski definition) is 5. The van der Waals surface area contributed by atoms with Gasteiger partial charge in [-0.2, -0.15) is 0 Å². The lowest BCUT2D eigenvalue weighted by Gasteiger charge is -2.20. The minimum Gasteiger partial charge on any atom is -0.481 e. The van der Waals surface area contributed by atoms with Crippen LogP contribution in [0.3, 0.4) is 0 Å². The number of aryl methyl sites for hydroxylation is 2. The quantitative estimate of drug-likeness (QED) is 0.569. The lowest BCUT2D eigenvalue weighted by Crippen LogP contribution is -2.35. The topological polar surface area (TPSA) is 83.6 Å². The van der Waals surface area contributed by atoms with Crippen LogP contribution in [-0.4, -0.2) is 29.0 Å². The van der Waals surface area contributed by atoms with Gasteiger partial charge in [0, 0.05) is 29.4 Å². The van der Waals surface area contributed by atoms with E-state index < -0.39 is 11.9 Å². The number of halogens is 1. The van der Waals surface area contributed by atoms with Crippen LogP contribution in [0.5, 0.6) is 0 Å². The van der Waals surface area contributed by atoms with Crippen molar-refractivity contribution in [2.24, 2.45) is 5.92 Å². The van der Waals surface area contributed by atoms with E-state index in [1.165, 1.54) is 16.2 Å². The highest BCUT2D eigenvalue weighted by Crippen LogP contribution is 2.32. The van der Waals surface area contributed by atoms with Gasteiger partial charge in [0.2, 0.25) is 5.91 Å². The van der Waals surface area contributed by atoms with Crippen molar-refractivity contribution in [3.8, 4) is 11.3 Å². The fourth-order valence-corrected chi connectivity index (χ4v) is 4.06. The van der Waals surface area contributed by atoms with Crippen LogP contribution in [0.15, 0.2) is 40.1 Å². The molecule has 0 aliphatic heterocycles. The van der Waals surface area contributed by atoms with Crippen LogP contribution < -0.4 is 4.90 Å². The van der Waals surface area contributed by atoms with Gasteiger partial charge in [0.1, 0.15) is 11.5 Å². The van der Waals surface area contributed by atoms with Crippen molar-refractivity contribution in [3.63, 3.8) is 0 Å². The lowest BCUT2D eigenvalue weighted by molar-refractivity contribution is -0.140. The first-order valence-corrected chi connectivity index (χ1v) is 10.3. The molecule has 0 aliphatic carbocycles. The highest BCUT2D eigenvalue weighted by molar-refractivity contribution is 7.14. The Morgan fingerprint density at radius 3 is 2.66 bits per heavy atom. The van der Waals surface area contributed by atoms with Crippen molar-refractivity contribution in [2.45, 2.75) is 26.7 Å². The lowest BCUT2D eigenvalue weighted by atomic mass is 9.98. The van der Waals surface area contributed by atoms with E-state index in [0.717, 1.165) is 16.9 Å². The van der Waals surface area contributed by atoms with Crippen LogP contribution in [-0.2, 0) is 16.0 Å². The summed E-state index contributed by atoms with van der Waals surface area (Å²) in [6, 6.07) is 9.18. The maximum absolute atomic E-state index is 13.0. The number of hydrogen-bond donors (Lipinski definition) is 1. The molecule has 152 valence electrons. The van der Waals surface area contributed by atoms with E-state index in [4.69, 9.17) is 16.0 Å². The number of carboxylic acids is 1. The Hall–Kier alpha value is -2.64. The van der Waals surface area contributed by atoms with Crippen molar-refractivity contribution >= 4 is 39.9 Å². The smallest absolute Gasteiger partial charge is 0.304 e. The molecular weight excluding hydrogens is 412 g/mol. The van der Waals surface area contributed by atoms with Gasteiger partial charge in [-0.25, -0.2) is 4.98 Å². The molecule has 6 nitrogen and oxygen atoms in total. The Bertz CT molecular complexity index is 1020. The van der Waals surface area contributed by atoms with Gasteiger partial charge in [-0.3, -0.25) is 14.5 Å². The summed E-state index contributed by atoms with van der Waals surface area (Å²) in [4.78, 5) is 30.3. The summed E-state index contributed by atoms with van der Waals surface area (Å²) < 4.78 is 5.65. The number of rotatable bonds is 7. The van der Waals surface area contributed by atoms with Crippen LogP contribution in [0, 0.1) is 19.8 Å². The van der Waals surface area contributed by atoms with Crippen LogP contribution >= 0.6 is 22.9 Å². The number of anilines is 1. The molecule has 8 heteroatoms. The predicted molar refractivity (Wildman–Crippen MR) is 114 cm³/mol. The van der Waals surface area contributed by atoms with Crippen molar-refractivity contribution in [2.75, 3.05) is 11.9 Å². The van der Waals surface area contributed by atoms with E-state index in [2.05, 4.69) is 4.98 Å². The van der Waals surface area contributed by atoms with Crippen LogP contribution in [0.25, 0.3) is 11.3 Å². The van der Waals surface area contributed by atoms with E-state index in [0.29, 0.717) is 21.6 Å². The highest BCUT2D eigenvalue weighted by atomic mass is 35.5. The number of carbonyl (C=O) groups is 2. The number of amides is 1. The average Bonchev–Trinajstić information content (AvgIpc) is 3.27. The van der Waals surface area contributed by atoms with Crippen LogP contribution in [0.1, 0.15) is 23.5 Å². The number of nitrogens with zero attached hydrogens (tertiary/aromatic N) is 2. The largest absolute Gasteiger partial charge is 0.481 e. The minimum atomic E-state index is -1.03. The van der Waals surface area contributed by atoms with Crippen molar-refractivity contribution in [1.82, 2.24) is 4.98 Å². The molecule has 0 bridgehead atoms. The third-order valence-corrected chi connectivity index (χ3v) is 5.94. The Labute approximate surface area is 177 Å². The Kier molecular flexibility index (Phi) is 6.39. The summed E-state index contributed by atoms with van der Waals surface area (Å²) in [7, 11) is 1.60. The molecule has 3 rings (SSSR count). The van der Waals surface area contributed by atoms with Gasteiger partial charge in [0.15, 0.2) is 5.13 Å². The molecule has 1 amide bonds. The number of carbonyl (C=O) groups excluding carboxylic acids is 1. The predicted octanol–water partition coefficient (Wildman–Crippen LogP) is 4.97. The normalized spacial score (nSPS) is 12.0. The summed E-state index contributed by atoms with van der Waals surface area (Å²) in [6.07, 6.45) is -0.0718. The fraction of sp³-hybridized carbons (Fsp3) is 0.286. The third kappa shape index (κ3) is 4.86. The fourth-order valence-electron chi connectivity index (χ4n) is 3.03. The molecule has 0 fully saturated rings. The molecule has 29 heavy (non-hydrogen) atoms. The maximum Gasteiger partial charge on any atom is 0.304 e. The average molecular weight is 433 g/mol. The summed E-state index contributed by atoms with van der Waals surface area (Å²) in [5.41, 5.74) is 2.42. The molecule has 0 saturated carbocycles. The molecule has 0 aliphatic rings. The molecule has 2 heterocycles. The van der Waals surface area contributed by atoms with Crippen LogP contribution in [0.4, 0.5) is 5.13 Å². The molecule has 0 spiro atoms. The van der Waals surface area contributed by atoms with Gasteiger partial charge in [-0.15, -0.1) is 11.3 Å². The molecular formula is C21H21ClN2O4S. The van der Waals surface area contributed by atoms with E-state index in [9.17, 15) is 14.7 Å². The Balaban J connectivity index is 1.82. The second kappa shape index (κ2) is 8.80. The molecule has 2 aromatic heterocycles. The Morgan fingerprint density at radius 1 is 1.31 bits per heavy atom. The van der Waals surface area contributed by atoms with Gasteiger partial charge >= 0.3 is 5.97 Å². The molecule has 1 aromatic carbocycles.